The van der Waals surface area contributed by atoms with Crippen LogP contribution in [0.5, 0.6) is 0 Å². The smallest absolute Gasteiger partial charge is 0.279 e. The molecular weight excluding hydrogens is 262 g/mol. The second-order valence-electron chi connectivity index (χ2n) is 5.09. The summed E-state index contributed by atoms with van der Waals surface area (Å²) in [7, 11) is -1.81. The van der Waals surface area contributed by atoms with Gasteiger partial charge < -0.3 is 5.73 Å². The zero-order valence-electron chi connectivity index (χ0n) is 11.1. The lowest BCUT2D eigenvalue weighted by molar-refractivity contribution is 0.440. The molecule has 1 aliphatic rings. The standard InChI is InChI=1S/C13H21N3O2S/c1-16(10-11-7-8-11)19(17,18)15-9-13(14)12-5-3-2-4-6-12/h2-6,11,13,15H,7-10,14H2,1H3. The molecule has 1 aliphatic carbocycles. The van der Waals surface area contributed by atoms with Crippen molar-refractivity contribution in [3.05, 3.63) is 35.9 Å². The topological polar surface area (TPSA) is 75.4 Å². The lowest BCUT2D eigenvalue weighted by atomic mass is 10.1. The summed E-state index contributed by atoms with van der Waals surface area (Å²) in [5, 5.41) is 0. The number of nitrogens with zero attached hydrogens (tertiary/aromatic N) is 1. The molecule has 1 atom stereocenters. The maximum absolute atomic E-state index is 12.0. The van der Waals surface area contributed by atoms with Crippen molar-refractivity contribution in [2.75, 3.05) is 20.1 Å². The summed E-state index contributed by atoms with van der Waals surface area (Å²) < 4.78 is 27.9. The van der Waals surface area contributed by atoms with Gasteiger partial charge in [-0.25, -0.2) is 4.72 Å². The van der Waals surface area contributed by atoms with Gasteiger partial charge in [-0.3, -0.25) is 0 Å². The summed E-state index contributed by atoms with van der Waals surface area (Å²) in [5.41, 5.74) is 6.90. The molecule has 106 valence electrons. The number of nitrogens with one attached hydrogen (secondary N) is 1. The van der Waals surface area contributed by atoms with E-state index in [9.17, 15) is 8.42 Å². The lowest BCUT2D eigenvalue weighted by Gasteiger charge is -2.19. The van der Waals surface area contributed by atoms with Gasteiger partial charge in [0.15, 0.2) is 0 Å². The number of benzene rings is 1. The van der Waals surface area contributed by atoms with Crippen LogP contribution in [0.15, 0.2) is 30.3 Å². The SMILES string of the molecule is CN(CC1CC1)S(=O)(=O)NCC(N)c1ccccc1. The molecule has 1 fully saturated rings. The first kappa shape index (κ1) is 14.5. The zero-order chi connectivity index (χ0) is 13.9. The molecule has 0 spiro atoms. The van der Waals surface area contributed by atoms with Gasteiger partial charge in [-0.2, -0.15) is 12.7 Å². The minimum atomic E-state index is -3.42. The first-order valence-corrected chi connectivity index (χ1v) is 7.94. The third-order valence-electron chi connectivity index (χ3n) is 3.34. The second-order valence-corrected chi connectivity index (χ2v) is 6.96. The van der Waals surface area contributed by atoms with E-state index in [2.05, 4.69) is 4.72 Å². The van der Waals surface area contributed by atoms with Gasteiger partial charge in [0, 0.05) is 26.2 Å². The Kier molecular flexibility index (Phi) is 4.57. The Morgan fingerprint density at radius 2 is 2.00 bits per heavy atom. The molecule has 0 amide bonds. The Balaban J connectivity index is 1.86. The highest BCUT2D eigenvalue weighted by atomic mass is 32.2. The van der Waals surface area contributed by atoms with Gasteiger partial charge in [-0.15, -0.1) is 0 Å². The maximum atomic E-state index is 12.0. The molecule has 0 aromatic heterocycles. The molecule has 1 aromatic carbocycles. The summed E-state index contributed by atoms with van der Waals surface area (Å²) in [5.74, 6) is 0.532. The minimum absolute atomic E-state index is 0.210. The fraction of sp³-hybridized carbons (Fsp3) is 0.538. The molecule has 1 saturated carbocycles. The second kappa shape index (κ2) is 6.00. The van der Waals surface area contributed by atoms with Gasteiger partial charge in [0.25, 0.3) is 10.2 Å². The minimum Gasteiger partial charge on any atom is -0.323 e. The Morgan fingerprint density at radius 1 is 1.37 bits per heavy atom. The van der Waals surface area contributed by atoms with E-state index < -0.39 is 10.2 Å². The van der Waals surface area contributed by atoms with E-state index >= 15 is 0 Å². The van der Waals surface area contributed by atoms with Crippen molar-refractivity contribution >= 4 is 10.2 Å². The number of nitrogens with two attached hydrogens (primary N) is 1. The van der Waals surface area contributed by atoms with Crippen molar-refractivity contribution in [3.8, 4) is 0 Å². The van der Waals surface area contributed by atoms with E-state index in [1.54, 1.807) is 7.05 Å². The monoisotopic (exact) mass is 283 g/mol. The molecule has 6 heteroatoms. The van der Waals surface area contributed by atoms with E-state index in [4.69, 9.17) is 5.73 Å². The number of hydrogen-bond acceptors (Lipinski definition) is 3. The first-order chi connectivity index (χ1) is 8.99. The van der Waals surface area contributed by atoms with Crippen molar-refractivity contribution in [2.24, 2.45) is 11.7 Å². The summed E-state index contributed by atoms with van der Waals surface area (Å²) in [6.45, 7) is 0.803. The lowest BCUT2D eigenvalue weighted by Crippen LogP contribution is -2.42. The molecular formula is C13H21N3O2S. The quantitative estimate of drug-likeness (QED) is 0.779. The van der Waals surface area contributed by atoms with Gasteiger partial charge >= 0.3 is 0 Å². The third-order valence-corrected chi connectivity index (χ3v) is 4.84. The largest absolute Gasteiger partial charge is 0.323 e. The maximum Gasteiger partial charge on any atom is 0.279 e. The third kappa shape index (κ3) is 4.28. The summed E-state index contributed by atoms with van der Waals surface area (Å²) in [6.07, 6.45) is 2.26. The molecule has 0 radical (unpaired) electrons. The van der Waals surface area contributed by atoms with Crippen LogP contribution in [0.2, 0.25) is 0 Å². The molecule has 3 N–H and O–H groups in total. The number of rotatable bonds is 7. The molecule has 0 bridgehead atoms. The molecule has 19 heavy (non-hydrogen) atoms. The van der Waals surface area contributed by atoms with Gasteiger partial charge in [0.1, 0.15) is 0 Å². The highest BCUT2D eigenvalue weighted by Crippen LogP contribution is 2.29. The van der Waals surface area contributed by atoms with Crippen molar-refractivity contribution < 1.29 is 8.42 Å². The first-order valence-electron chi connectivity index (χ1n) is 6.50. The van der Waals surface area contributed by atoms with Crippen LogP contribution in [-0.4, -0.2) is 32.9 Å². The van der Waals surface area contributed by atoms with Crippen LogP contribution < -0.4 is 10.5 Å². The predicted molar refractivity (Wildman–Crippen MR) is 75.6 cm³/mol. The van der Waals surface area contributed by atoms with Crippen LogP contribution in [0.3, 0.4) is 0 Å². The van der Waals surface area contributed by atoms with Gasteiger partial charge in [0.05, 0.1) is 0 Å². The van der Waals surface area contributed by atoms with E-state index in [0.29, 0.717) is 12.5 Å². The Labute approximate surface area is 115 Å². The van der Waals surface area contributed by atoms with E-state index in [1.807, 2.05) is 30.3 Å². The van der Waals surface area contributed by atoms with Crippen LogP contribution in [0.4, 0.5) is 0 Å². The molecule has 1 aromatic rings. The van der Waals surface area contributed by atoms with Crippen LogP contribution in [0, 0.1) is 5.92 Å². The molecule has 0 heterocycles. The number of hydrogen-bond donors (Lipinski definition) is 2. The van der Waals surface area contributed by atoms with Gasteiger partial charge in [-0.05, 0) is 24.3 Å². The fourth-order valence-electron chi connectivity index (χ4n) is 1.89. The molecule has 0 aliphatic heterocycles. The predicted octanol–water partition coefficient (Wildman–Crippen LogP) is 0.863. The van der Waals surface area contributed by atoms with Crippen LogP contribution in [0.1, 0.15) is 24.4 Å². The summed E-state index contributed by atoms with van der Waals surface area (Å²) in [4.78, 5) is 0. The normalized spacial score (nSPS) is 17.6. The Hall–Kier alpha value is -0.950. The van der Waals surface area contributed by atoms with E-state index in [1.165, 1.54) is 4.31 Å². The highest BCUT2D eigenvalue weighted by molar-refractivity contribution is 7.87. The Morgan fingerprint density at radius 3 is 2.58 bits per heavy atom. The average molecular weight is 283 g/mol. The van der Waals surface area contributed by atoms with Crippen LogP contribution in [-0.2, 0) is 10.2 Å². The molecule has 1 unspecified atom stereocenters. The molecule has 5 nitrogen and oxygen atoms in total. The van der Waals surface area contributed by atoms with Crippen LogP contribution >= 0.6 is 0 Å². The zero-order valence-corrected chi connectivity index (χ0v) is 11.9. The fourth-order valence-corrected chi connectivity index (χ4v) is 2.90. The summed E-state index contributed by atoms with van der Waals surface area (Å²) in [6, 6.07) is 9.15. The van der Waals surface area contributed by atoms with Gasteiger partial charge in [0.2, 0.25) is 0 Å². The van der Waals surface area contributed by atoms with E-state index in [-0.39, 0.29) is 12.6 Å². The molecule has 0 saturated heterocycles. The highest BCUT2D eigenvalue weighted by Gasteiger charge is 2.28. The van der Waals surface area contributed by atoms with Crippen LogP contribution in [0.25, 0.3) is 0 Å². The van der Waals surface area contributed by atoms with E-state index in [0.717, 1.165) is 18.4 Å². The van der Waals surface area contributed by atoms with Crippen molar-refractivity contribution in [1.29, 1.82) is 0 Å². The summed E-state index contributed by atoms with van der Waals surface area (Å²) >= 11 is 0. The Bertz CT molecular complexity index is 500. The van der Waals surface area contributed by atoms with Crippen molar-refractivity contribution in [3.63, 3.8) is 0 Å². The van der Waals surface area contributed by atoms with Crippen molar-refractivity contribution in [2.45, 2.75) is 18.9 Å². The van der Waals surface area contributed by atoms with Gasteiger partial charge in [-0.1, -0.05) is 30.3 Å². The van der Waals surface area contributed by atoms with Crippen molar-refractivity contribution in [1.82, 2.24) is 9.03 Å². The average Bonchev–Trinajstić information content (AvgIpc) is 3.21. The molecule has 2 rings (SSSR count).